The van der Waals surface area contributed by atoms with Crippen molar-refractivity contribution >= 4 is 24.2 Å². The van der Waals surface area contributed by atoms with Crippen LogP contribution in [-0.4, -0.2) is 54.3 Å². The van der Waals surface area contributed by atoms with E-state index in [1.165, 1.54) is 0 Å². The molecule has 2 aliphatic heterocycles. The predicted molar refractivity (Wildman–Crippen MR) is 96.3 cm³/mol. The molecular formula is C18H26ClN3O2. The van der Waals surface area contributed by atoms with Crippen LogP contribution in [0.2, 0.25) is 0 Å². The first-order valence-corrected chi connectivity index (χ1v) is 8.50. The number of piperidine rings is 1. The molecule has 1 aromatic carbocycles. The highest BCUT2D eigenvalue weighted by Crippen LogP contribution is 2.17. The number of hydrogen-bond acceptors (Lipinski definition) is 3. The highest BCUT2D eigenvalue weighted by molar-refractivity contribution is 5.94. The maximum atomic E-state index is 12.6. The number of likely N-dealkylation sites (N-methyl/N-ethyl adjacent to an activating group) is 1. The van der Waals surface area contributed by atoms with Gasteiger partial charge in [-0.1, -0.05) is 12.1 Å². The minimum absolute atomic E-state index is 0. The molecule has 1 aromatic rings. The third-order valence-corrected chi connectivity index (χ3v) is 4.86. The Morgan fingerprint density at radius 2 is 1.96 bits per heavy atom. The van der Waals surface area contributed by atoms with E-state index in [1.54, 1.807) is 0 Å². The Morgan fingerprint density at radius 1 is 1.21 bits per heavy atom. The number of halogens is 1. The Kier molecular flexibility index (Phi) is 6.63. The zero-order valence-corrected chi connectivity index (χ0v) is 15.0. The Hall–Kier alpha value is -1.59. The van der Waals surface area contributed by atoms with Crippen molar-refractivity contribution < 1.29 is 9.59 Å². The van der Waals surface area contributed by atoms with E-state index in [-0.39, 0.29) is 24.2 Å². The van der Waals surface area contributed by atoms with Gasteiger partial charge in [0.15, 0.2) is 0 Å². The van der Waals surface area contributed by atoms with E-state index in [0.29, 0.717) is 19.0 Å². The lowest BCUT2D eigenvalue weighted by Crippen LogP contribution is -2.46. The molecular weight excluding hydrogens is 326 g/mol. The Labute approximate surface area is 149 Å². The molecule has 1 atom stereocenters. The molecule has 2 saturated heterocycles. The molecule has 132 valence electrons. The minimum Gasteiger partial charge on any atom is -0.338 e. The van der Waals surface area contributed by atoms with Crippen molar-refractivity contribution in [1.29, 1.82) is 0 Å². The highest BCUT2D eigenvalue weighted by Gasteiger charge is 2.24. The fourth-order valence-corrected chi connectivity index (χ4v) is 3.42. The van der Waals surface area contributed by atoms with Crippen LogP contribution in [-0.2, 0) is 11.3 Å². The van der Waals surface area contributed by atoms with Crippen molar-refractivity contribution in [3.63, 3.8) is 0 Å². The average molecular weight is 352 g/mol. The molecule has 3 rings (SSSR count). The number of benzene rings is 1. The fourth-order valence-electron chi connectivity index (χ4n) is 3.42. The molecule has 1 N–H and O–H groups in total. The smallest absolute Gasteiger partial charge is 0.253 e. The summed E-state index contributed by atoms with van der Waals surface area (Å²) in [6, 6.07) is 8.12. The number of carbonyl (C=O) groups is 2. The third-order valence-electron chi connectivity index (χ3n) is 4.86. The van der Waals surface area contributed by atoms with Crippen LogP contribution in [0.4, 0.5) is 0 Å². The van der Waals surface area contributed by atoms with Crippen molar-refractivity contribution in [1.82, 2.24) is 15.1 Å². The molecule has 0 saturated carbocycles. The van der Waals surface area contributed by atoms with Crippen LogP contribution in [0, 0.1) is 0 Å². The molecule has 0 aromatic heterocycles. The van der Waals surface area contributed by atoms with Gasteiger partial charge in [-0.15, -0.1) is 12.4 Å². The van der Waals surface area contributed by atoms with Gasteiger partial charge >= 0.3 is 0 Å². The van der Waals surface area contributed by atoms with Crippen LogP contribution in [0.1, 0.15) is 41.6 Å². The van der Waals surface area contributed by atoms with Crippen LogP contribution >= 0.6 is 12.4 Å². The lowest BCUT2D eigenvalue weighted by atomic mass is 10.0. The normalized spacial score (nSPS) is 20.9. The van der Waals surface area contributed by atoms with Gasteiger partial charge in [-0.2, -0.15) is 0 Å². The maximum absolute atomic E-state index is 12.6. The van der Waals surface area contributed by atoms with Crippen LogP contribution in [0.25, 0.3) is 0 Å². The molecule has 0 spiro atoms. The average Bonchev–Trinajstić information content (AvgIpc) is 3.00. The lowest BCUT2D eigenvalue weighted by Gasteiger charge is -2.32. The molecule has 0 bridgehead atoms. The van der Waals surface area contributed by atoms with E-state index in [0.717, 1.165) is 50.0 Å². The Bertz CT molecular complexity index is 576. The summed E-state index contributed by atoms with van der Waals surface area (Å²) in [4.78, 5) is 28.1. The van der Waals surface area contributed by atoms with Crippen LogP contribution in [0.15, 0.2) is 24.3 Å². The van der Waals surface area contributed by atoms with E-state index in [9.17, 15) is 9.59 Å². The number of nitrogens with one attached hydrogen (secondary N) is 1. The topological polar surface area (TPSA) is 52.7 Å². The predicted octanol–water partition coefficient (Wildman–Crippen LogP) is 2.05. The molecule has 24 heavy (non-hydrogen) atoms. The largest absolute Gasteiger partial charge is 0.338 e. The SMILES string of the molecule is CNC1CCCN(C(=O)c2ccc(CN3CCCC3=O)cc2)C1.Cl. The second-order valence-electron chi connectivity index (χ2n) is 6.49. The van der Waals surface area contributed by atoms with E-state index < -0.39 is 0 Å². The summed E-state index contributed by atoms with van der Waals surface area (Å²) >= 11 is 0. The maximum Gasteiger partial charge on any atom is 0.253 e. The van der Waals surface area contributed by atoms with E-state index >= 15 is 0 Å². The monoisotopic (exact) mass is 351 g/mol. The van der Waals surface area contributed by atoms with Crippen molar-refractivity contribution in [3.05, 3.63) is 35.4 Å². The molecule has 1 unspecified atom stereocenters. The molecule has 2 aliphatic rings. The molecule has 5 nitrogen and oxygen atoms in total. The van der Waals surface area contributed by atoms with Gasteiger partial charge in [-0.3, -0.25) is 9.59 Å². The second kappa shape index (κ2) is 8.49. The molecule has 0 radical (unpaired) electrons. The zero-order valence-electron chi connectivity index (χ0n) is 14.2. The van der Waals surface area contributed by atoms with Gasteiger partial charge in [-0.25, -0.2) is 0 Å². The van der Waals surface area contributed by atoms with Gasteiger partial charge < -0.3 is 15.1 Å². The number of likely N-dealkylation sites (tertiary alicyclic amines) is 2. The highest BCUT2D eigenvalue weighted by atomic mass is 35.5. The second-order valence-corrected chi connectivity index (χ2v) is 6.49. The van der Waals surface area contributed by atoms with Gasteiger partial charge in [-0.05, 0) is 44.0 Å². The standard InChI is InChI=1S/C18H25N3O2.ClH/c1-19-16-4-2-11-21(13-16)18(23)15-8-6-14(7-9-15)12-20-10-3-5-17(20)22;/h6-9,16,19H,2-5,10-13H2,1H3;1H. The molecule has 0 aliphatic carbocycles. The van der Waals surface area contributed by atoms with Gasteiger partial charge in [0.25, 0.3) is 5.91 Å². The molecule has 2 heterocycles. The van der Waals surface area contributed by atoms with Gasteiger partial charge in [0.2, 0.25) is 5.91 Å². The quantitative estimate of drug-likeness (QED) is 0.903. The summed E-state index contributed by atoms with van der Waals surface area (Å²) in [5.74, 6) is 0.338. The van der Waals surface area contributed by atoms with Crippen molar-refractivity contribution in [3.8, 4) is 0 Å². The summed E-state index contributed by atoms with van der Waals surface area (Å²) in [6.45, 7) is 3.11. The third kappa shape index (κ3) is 4.28. The first-order valence-electron chi connectivity index (χ1n) is 8.50. The Morgan fingerprint density at radius 3 is 2.58 bits per heavy atom. The van der Waals surface area contributed by atoms with E-state index in [2.05, 4.69) is 5.32 Å². The van der Waals surface area contributed by atoms with Gasteiger partial charge in [0.1, 0.15) is 0 Å². The summed E-state index contributed by atoms with van der Waals surface area (Å²) < 4.78 is 0. The van der Waals surface area contributed by atoms with Gasteiger partial charge in [0.05, 0.1) is 0 Å². The van der Waals surface area contributed by atoms with Crippen molar-refractivity contribution in [2.75, 3.05) is 26.7 Å². The number of hydrogen-bond donors (Lipinski definition) is 1. The van der Waals surface area contributed by atoms with E-state index in [4.69, 9.17) is 0 Å². The fraction of sp³-hybridized carbons (Fsp3) is 0.556. The molecule has 6 heteroatoms. The summed E-state index contributed by atoms with van der Waals surface area (Å²) in [7, 11) is 1.95. The molecule has 2 amide bonds. The summed E-state index contributed by atoms with van der Waals surface area (Å²) in [5.41, 5.74) is 1.82. The van der Waals surface area contributed by atoms with Crippen LogP contribution < -0.4 is 5.32 Å². The molecule has 2 fully saturated rings. The number of nitrogens with zero attached hydrogens (tertiary/aromatic N) is 2. The van der Waals surface area contributed by atoms with Crippen molar-refractivity contribution in [2.24, 2.45) is 0 Å². The number of rotatable bonds is 4. The lowest BCUT2D eigenvalue weighted by molar-refractivity contribution is -0.128. The first-order chi connectivity index (χ1) is 11.2. The Balaban J connectivity index is 0.00000208. The summed E-state index contributed by atoms with van der Waals surface area (Å²) in [6.07, 6.45) is 3.80. The van der Waals surface area contributed by atoms with Gasteiger partial charge in [0, 0.05) is 44.2 Å². The number of carbonyl (C=O) groups excluding carboxylic acids is 2. The van der Waals surface area contributed by atoms with Crippen molar-refractivity contribution in [2.45, 2.75) is 38.3 Å². The van der Waals surface area contributed by atoms with Crippen LogP contribution in [0.5, 0.6) is 0 Å². The van der Waals surface area contributed by atoms with E-state index in [1.807, 2.05) is 41.1 Å². The summed E-state index contributed by atoms with van der Waals surface area (Å²) in [5, 5.41) is 3.26. The number of amides is 2. The minimum atomic E-state index is 0. The first kappa shape index (κ1) is 18.7. The zero-order chi connectivity index (χ0) is 16.2. The van der Waals surface area contributed by atoms with Crippen LogP contribution in [0.3, 0.4) is 0 Å².